The van der Waals surface area contributed by atoms with Crippen LogP contribution in [0.2, 0.25) is 0 Å². The summed E-state index contributed by atoms with van der Waals surface area (Å²) in [6.07, 6.45) is 0. The molecule has 0 radical (unpaired) electrons. The zero-order valence-corrected chi connectivity index (χ0v) is 11.7. The van der Waals surface area contributed by atoms with Crippen LogP contribution < -0.4 is 5.56 Å². The SMILES string of the molecule is O=C(O)[C@@H]1CSCN1C(=O)c1cc(=O)[nH]c2ccccc12. The van der Waals surface area contributed by atoms with Gasteiger partial charge >= 0.3 is 5.97 Å². The Kier molecular flexibility index (Phi) is 3.42. The normalized spacial score (nSPS) is 18.1. The van der Waals surface area contributed by atoms with Crippen molar-refractivity contribution in [3.8, 4) is 0 Å². The summed E-state index contributed by atoms with van der Waals surface area (Å²) in [6.45, 7) is 0. The van der Waals surface area contributed by atoms with Crippen molar-refractivity contribution >= 4 is 34.5 Å². The topological polar surface area (TPSA) is 90.5 Å². The second-order valence-corrected chi connectivity index (χ2v) is 5.72. The maximum Gasteiger partial charge on any atom is 0.327 e. The molecule has 2 N–H and O–H groups in total. The molecule has 21 heavy (non-hydrogen) atoms. The summed E-state index contributed by atoms with van der Waals surface area (Å²) in [4.78, 5) is 39.5. The fraction of sp³-hybridized carbons (Fsp3) is 0.214. The summed E-state index contributed by atoms with van der Waals surface area (Å²) >= 11 is 1.39. The van der Waals surface area contributed by atoms with Gasteiger partial charge in [0.05, 0.1) is 11.4 Å². The van der Waals surface area contributed by atoms with Crippen molar-refractivity contribution in [3.05, 3.63) is 46.2 Å². The first-order valence-electron chi connectivity index (χ1n) is 6.31. The van der Waals surface area contributed by atoms with E-state index in [9.17, 15) is 19.5 Å². The molecule has 0 bridgehead atoms. The molecule has 1 aliphatic rings. The minimum atomic E-state index is -1.03. The van der Waals surface area contributed by atoms with Gasteiger partial charge in [-0.3, -0.25) is 9.59 Å². The number of nitrogens with one attached hydrogen (secondary N) is 1. The molecule has 3 rings (SSSR count). The first-order valence-corrected chi connectivity index (χ1v) is 7.47. The lowest BCUT2D eigenvalue weighted by Gasteiger charge is -2.21. The van der Waals surface area contributed by atoms with Crippen LogP contribution in [0, 0.1) is 0 Å². The quantitative estimate of drug-likeness (QED) is 0.868. The van der Waals surface area contributed by atoms with Crippen molar-refractivity contribution in [2.24, 2.45) is 0 Å². The number of amides is 1. The number of benzene rings is 1. The van der Waals surface area contributed by atoms with E-state index in [-0.39, 0.29) is 11.1 Å². The van der Waals surface area contributed by atoms with E-state index in [4.69, 9.17) is 0 Å². The summed E-state index contributed by atoms with van der Waals surface area (Å²) in [7, 11) is 0. The van der Waals surface area contributed by atoms with Crippen molar-refractivity contribution in [3.63, 3.8) is 0 Å². The summed E-state index contributed by atoms with van der Waals surface area (Å²) in [5, 5.41) is 9.79. The number of carbonyl (C=O) groups is 2. The van der Waals surface area contributed by atoms with Gasteiger partial charge in [-0.15, -0.1) is 11.8 Å². The molecule has 6 nitrogen and oxygen atoms in total. The zero-order valence-electron chi connectivity index (χ0n) is 10.9. The Labute approximate surface area is 123 Å². The lowest BCUT2D eigenvalue weighted by Crippen LogP contribution is -2.42. The highest BCUT2D eigenvalue weighted by Crippen LogP contribution is 2.25. The molecule has 1 atom stereocenters. The van der Waals surface area contributed by atoms with E-state index in [1.54, 1.807) is 24.3 Å². The molecular formula is C14H12N2O4S. The van der Waals surface area contributed by atoms with Gasteiger partial charge in [-0.1, -0.05) is 18.2 Å². The number of carboxylic acids is 1. The number of rotatable bonds is 2. The molecule has 1 aliphatic heterocycles. The first-order chi connectivity index (χ1) is 10.1. The molecule has 0 saturated carbocycles. The highest BCUT2D eigenvalue weighted by molar-refractivity contribution is 7.99. The van der Waals surface area contributed by atoms with Crippen LogP contribution in [-0.2, 0) is 4.79 Å². The van der Waals surface area contributed by atoms with Gasteiger partial charge in [-0.2, -0.15) is 0 Å². The standard InChI is InChI=1S/C14H12N2O4S/c17-12-5-9(8-3-1-2-4-10(8)15-12)13(18)16-7-21-6-11(16)14(19)20/h1-5,11H,6-7H2,(H,15,17)(H,19,20)/t11-/m0/s1. The number of aliphatic carboxylic acids is 1. The number of hydrogen-bond donors (Lipinski definition) is 2. The van der Waals surface area contributed by atoms with Gasteiger partial charge in [0, 0.05) is 22.7 Å². The number of carboxylic acid groups (broad SMARTS) is 1. The first kappa shape index (κ1) is 13.7. The summed E-state index contributed by atoms with van der Waals surface area (Å²) in [6, 6.07) is 7.36. The Morgan fingerprint density at radius 2 is 2.10 bits per heavy atom. The average molecular weight is 304 g/mol. The van der Waals surface area contributed by atoms with Crippen molar-refractivity contribution in [1.29, 1.82) is 0 Å². The Balaban J connectivity index is 2.10. The maximum atomic E-state index is 12.6. The summed E-state index contributed by atoms with van der Waals surface area (Å²) in [5.41, 5.74) is 0.422. The van der Waals surface area contributed by atoms with Crippen molar-refractivity contribution in [2.75, 3.05) is 11.6 Å². The lowest BCUT2D eigenvalue weighted by atomic mass is 10.1. The van der Waals surface area contributed by atoms with E-state index in [0.717, 1.165) is 0 Å². The zero-order chi connectivity index (χ0) is 15.0. The number of thioether (sulfide) groups is 1. The number of para-hydroxylation sites is 1. The smallest absolute Gasteiger partial charge is 0.327 e. The monoisotopic (exact) mass is 304 g/mol. The molecule has 1 saturated heterocycles. The fourth-order valence-corrected chi connectivity index (χ4v) is 3.53. The Morgan fingerprint density at radius 3 is 2.86 bits per heavy atom. The number of carbonyl (C=O) groups excluding carboxylic acids is 1. The molecule has 1 fully saturated rings. The van der Waals surface area contributed by atoms with E-state index >= 15 is 0 Å². The van der Waals surface area contributed by atoms with Crippen molar-refractivity contribution < 1.29 is 14.7 Å². The molecule has 0 unspecified atom stereocenters. The molecule has 2 heterocycles. The molecule has 0 spiro atoms. The van der Waals surface area contributed by atoms with Crippen LogP contribution >= 0.6 is 11.8 Å². The minimum Gasteiger partial charge on any atom is -0.480 e. The second kappa shape index (κ2) is 5.25. The van der Waals surface area contributed by atoms with Gasteiger partial charge in [0.2, 0.25) is 5.56 Å². The van der Waals surface area contributed by atoms with Crippen LogP contribution in [0.4, 0.5) is 0 Å². The third kappa shape index (κ3) is 2.40. The van der Waals surface area contributed by atoms with Gasteiger partial charge in [0.15, 0.2) is 0 Å². The van der Waals surface area contributed by atoms with E-state index < -0.39 is 17.9 Å². The van der Waals surface area contributed by atoms with E-state index in [1.807, 2.05) is 0 Å². The van der Waals surface area contributed by atoms with Crippen LogP contribution in [0.25, 0.3) is 10.9 Å². The van der Waals surface area contributed by atoms with Crippen LogP contribution in [0.1, 0.15) is 10.4 Å². The molecule has 1 amide bonds. The van der Waals surface area contributed by atoms with Gasteiger partial charge in [-0.05, 0) is 6.07 Å². The maximum absolute atomic E-state index is 12.6. The van der Waals surface area contributed by atoms with E-state index in [2.05, 4.69) is 4.98 Å². The third-order valence-corrected chi connectivity index (χ3v) is 4.42. The number of aromatic nitrogens is 1. The third-order valence-electron chi connectivity index (χ3n) is 3.41. The second-order valence-electron chi connectivity index (χ2n) is 4.72. The minimum absolute atomic E-state index is 0.239. The molecular weight excluding hydrogens is 292 g/mol. The predicted molar refractivity (Wildman–Crippen MR) is 79.5 cm³/mol. The van der Waals surface area contributed by atoms with Gasteiger partial charge < -0.3 is 15.0 Å². The van der Waals surface area contributed by atoms with Crippen molar-refractivity contribution in [2.45, 2.75) is 6.04 Å². The molecule has 7 heteroatoms. The lowest BCUT2D eigenvalue weighted by molar-refractivity contribution is -0.140. The Morgan fingerprint density at radius 1 is 1.33 bits per heavy atom. The Bertz CT molecular complexity index is 786. The molecule has 1 aromatic carbocycles. The van der Waals surface area contributed by atoms with Gasteiger partial charge in [0.1, 0.15) is 6.04 Å². The predicted octanol–water partition coefficient (Wildman–Crippen LogP) is 1.13. The molecule has 1 aromatic heterocycles. The van der Waals surface area contributed by atoms with E-state index in [1.165, 1.54) is 22.7 Å². The fourth-order valence-electron chi connectivity index (χ4n) is 2.38. The highest BCUT2D eigenvalue weighted by atomic mass is 32.2. The van der Waals surface area contributed by atoms with Crippen LogP contribution in [0.3, 0.4) is 0 Å². The molecule has 108 valence electrons. The van der Waals surface area contributed by atoms with Crippen molar-refractivity contribution in [1.82, 2.24) is 9.88 Å². The number of aromatic amines is 1. The number of fused-ring (bicyclic) bond motifs is 1. The largest absolute Gasteiger partial charge is 0.480 e. The summed E-state index contributed by atoms with van der Waals surface area (Å²) in [5.74, 6) is -0.767. The van der Waals surface area contributed by atoms with Crippen LogP contribution in [0.15, 0.2) is 35.1 Å². The summed E-state index contributed by atoms with van der Waals surface area (Å²) < 4.78 is 0. The molecule has 0 aliphatic carbocycles. The highest BCUT2D eigenvalue weighted by Gasteiger charge is 2.35. The average Bonchev–Trinajstić information content (AvgIpc) is 2.95. The number of pyridine rings is 1. The number of H-pyrrole nitrogens is 1. The van der Waals surface area contributed by atoms with Crippen LogP contribution in [0.5, 0.6) is 0 Å². The van der Waals surface area contributed by atoms with E-state index in [0.29, 0.717) is 22.5 Å². The Hall–Kier alpha value is -2.28. The van der Waals surface area contributed by atoms with Crippen LogP contribution in [-0.4, -0.2) is 44.5 Å². The van der Waals surface area contributed by atoms with Gasteiger partial charge in [-0.25, -0.2) is 4.79 Å². The number of hydrogen-bond acceptors (Lipinski definition) is 4. The van der Waals surface area contributed by atoms with Gasteiger partial charge in [0.25, 0.3) is 5.91 Å². The number of nitrogens with zero attached hydrogens (tertiary/aromatic N) is 1. The molecule has 2 aromatic rings.